The molecule has 1 aromatic heterocycles. The van der Waals surface area contributed by atoms with Gasteiger partial charge in [-0.2, -0.15) is 9.29 Å². The van der Waals surface area contributed by atoms with Gasteiger partial charge in [0.15, 0.2) is 17.5 Å². The minimum absolute atomic E-state index is 0.112. The van der Waals surface area contributed by atoms with Crippen LogP contribution in [0.5, 0.6) is 0 Å². The van der Waals surface area contributed by atoms with Gasteiger partial charge in [0, 0.05) is 24.9 Å². The van der Waals surface area contributed by atoms with Gasteiger partial charge < -0.3 is 4.52 Å². The van der Waals surface area contributed by atoms with Crippen LogP contribution in [-0.4, -0.2) is 36.0 Å². The number of rotatable bonds is 4. The second kappa shape index (κ2) is 6.82. The molecule has 0 bridgehead atoms. The summed E-state index contributed by atoms with van der Waals surface area (Å²) in [6.45, 7) is 0.283. The van der Waals surface area contributed by atoms with Crippen molar-refractivity contribution in [2.45, 2.75) is 16.7 Å². The molecule has 140 valence electrons. The van der Waals surface area contributed by atoms with Crippen molar-refractivity contribution in [1.82, 2.24) is 14.4 Å². The first-order chi connectivity index (χ1) is 13.0. The summed E-state index contributed by atoms with van der Waals surface area (Å²) in [5.41, 5.74) is 0.940. The molecule has 2 aromatic carbocycles. The SMILES string of the molecule is O=S(=O)(c1ccc(F)c(F)c1)N1C[C@H](c2ncon2)[C@H](c2ccccc2)C1. The Bertz CT molecular complexity index is 1040. The lowest BCUT2D eigenvalue weighted by Gasteiger charge is -2.17. The van der Waals surface area contributed by atoms with E-state index in [1.165, 1.54) is 10.7 Å². The van der Waals surface area contributed by atoms with E-state index < -0.39 is 21.7 Å². The summed E-state index contributed by atoms with van der Waals surface area (Å²) in [4.78, 5) is 3.79. The normalized spacial score (nSPS) is 20.8. The summed E-state index contributed by atoms with van der Waals surface area (Å²) in [6.07, 6.45) is 1.20. The molecule has 0 radical (unpaired) electrons. The van der Waals surface area contributed by atoms with Gasteiger partial charge >= 0.3 is 0 Å². The molecule has 0 saturated carbocycles. The molecule has 9 heteroatoms. The third-order valence-corrected chi connectivity index (χ3v) is 6.58. The summed E-state index contributed by atoms with van der Waals surface area (Å²) >= 11 is 0. The maximum Gasteiger partial charge on any atom is 0.243 e. The molecule has 2 atom stereocenters. The molecular formula is C18H15F2N3O3S. The molecule has 1 saturated heterocycles. The molecule has 0 amide bonds. The fourth-order valence-electron chi connectivity index (χ4n) is 3.39. The highest BCUT2D eigenvalue weighted by atomic mass is 32.2. The van der Waals surface area contributed by atoms with Gasteiger partial charge in [-0.05, 0) is 23.8 Å². The first-order valence-electron chi connectivity index (χ1n) is 8.23. The fourth-order valence-corrected chi connectivity index (χ4v) is 4.90. The van der Waals surface area contributed by atoms with Gasteiger partial charge in [-0.3, -0.25) is 0 Å². The molecule has 1 aliphatic rings. The lowest BCUT2D eigenvalue weighted by atomic mass is 9.88. The largest absolute Gasteiger partial charge is 0.343 e. The minimum atomic E-state index is -4.00. The van der Waals surface area contributed by atoms with Gasteiger partial charge in [0.1, 0.15) is 0 Å². The fraction of sp³-hybridized carbons (Fsp3) is 0.222. The van der Waals surface area contributed by atoms with E-state index in [0.717, 1.165) is 17.7 Å². The van der Waals surface area contributed by atoms with Gasteiger partial charge in [0.05, 0.1) is 4.90 Å². The maximum absolute atomic E-state index is 13.5. The summed E-state index contributed by atoms with van der Waals surface area (Å²) in [5.74, 6) is -2.39. The van der Waals surface area contributed by atoms with E-state index in [9.17, 15) is 17.2 Å². The van der Waals surface area contributed by atoms with Crippen LogP contribution in [-0.2, 0) is 10.0 Å². The van der Waals surface area contributed by atoms with E-state index >= 15 is 0 Å². The molecule has 6 nitrogen and oxygen atoms in total. The van der Waals surface area contributed by atoms with Crippen LogP contribution in [0.2, 0.25) is 0 Å². The monoisotopic (exact) mass is 391 g/mol. The molecule has 3 aromatic rings. The van der Waals surface area contributed by atoms with Crippen LogP contribution in [0.25, 0.3) is 0 Å². The highest BCUT2D eigenvalue weighted by molar-refractivity contribution is 7.89. The zero-order valence-corrected chi connectivity index (χ0v) is 14.8. The summed E-state index contributed by atoms with van der Waals surface area (Å²) < 4.78 is 58.7. The van der Waals surface area contributed by atoms with Crippen molar-refractivity contribution in [3.63, 3.8) is 0 Å². The smallest absolute Gasteiger partial charge is 0.243 e. The van der Waals surface area contributed by atoms with Crippen molar-refractivity contribution in [3.05, 3.63) is 77.9 Å². The van der Waals surface area contributed by atoms with Crippen LogP contribution in [0.3, 0.4) is 0 Å². The van der Waals surface area contributed by atoms with E-state index in [2.05, 4.69) is 10.1 Å². The first kappa shape index (κ1) is 17.7. The van der Waals surface area contributed by atoms with Crippen molar-refractivity contribution < 1.29 is 21.7 Å². The Morgan fingerprint density at radius 2 is 1.74 bits per heavy atom. The lowest BCUT2D eigenvalue weighted by Crippen LogP contribution is -2.29. The van der Waals surface area contributed by atoms with Crippen LogP contribution in [0.15, 0.2) is 64.3 Å². The average molecular weight is 391 g/mol. The molecule has 1 aliphatic heterocycles. The number of nitrogens with zero attached hydrogens (tertiary/aromatic N) is 3. The summed E-state index contributed by atoms with van der Waals surface area (Å²) in [6, 6.07) is 12.0. The summed E-state index contributed by atoms with van der Waals surface area (Å²) in [7, 11) is -4.00. The van der Waals surface area contributed by atoms with Gasteiger partial charge in [-0.1, -0.05) is 35.5 Å². The Kier molecular flexibility index (Phi) is 4.48. The van der Waals surface area contributed by atoms with Crippen LogP contribution in [0.1, 0.15) is 23.2 Å². The molecule has 27 heavy (non-hydrogen) atoms. The van der Waals surface area contributed by atoms with E-state index in [0.29, 0.717) is 11.9 Å². The molecule has 0 unspecified atom stereocenters. The van der Waals surface area contributed by atoms with Gasteiger partial charge in [0.25, 0.3) is 0 Å². The molecule has 4 rings (SSSR count). The molecule has 0 N–H and O–H groups in total. The molecule has 0 aliphatic carbocycles. The van der Waals surface area contributed by atoms with E-state index in [4.69, 9.17) is 4.52 Å². The predicted molar refractivity (Wildman–Crippen MR) is 91.3 cm³/mol. The van der Waals surface area contributed by atoms with E-state index in [1.54, 1.807) is 0 Å². The molecule has 1 fully saturated rings. The van der Waals surface area contributed by atoms with Crippen LogP contribution < -0.4 is 0 Å². The van der Waals surface area contributed by atoms with Crippen molar-refractivity contribution in [2.24, 2.45) is 0 Å². The second-order valence-corrected chi connectivity index (χ2v) is 8.25. The van der Waals surface area contributed by atoms with Crippen molar-refractivity contribution >= 4 is 10.0 Å². The van der Waals surface area contributed by atoms with E-state index in [-0.39, 0.29) is 29.8 Å². The number of halogens is 2. The van der Waals surface area contributed by atoms with E-state index in [1.807, 2.05) is 30.3 Å². The lowest BCUT2D eigenvalue weighted by molar-refractivity contribution is 0.401. The molecule has 2 heterocycles. The van der Waals surface area contributed by atoms with Crippen molar-refractivity contribution in [1.29, 1.82) is 0 Å². The first-order valence-corrected chi connectivity index (χ1v) is 9.67. The highest BCUT2D eigenvalue weighted by Crippen LogP contribution is 2.40. The zero-order valence-electron chi connectivity index (χ0n) is 14.0. The van der Waals surface area contributed by atoms with Crippen molar-refractivity contribution in [2.75, 3.05) is 13.1 Å². The van der Waals surface area contributed by atoms with Crippen LogP contribution in [0, 0.1) is 11.6 Å². The second-order valence-electron chi connectivity index (χ2n) is 6.31. The predicted octanol–water partition coefficient (Wildman–Crippen LogP) is 2.92. The number of hydrogen-bond acceptors (Lipinski definition) is 5. The van der Waals surface area contributed by atoms with Crippen LogP contribution in [0.4, 0.5) is 8.78 Å². The molecular weight excluding hydrogens is 376 g/mol. The van der Waals surface area contributed by atoms with Crippen LogP contribution >= 0.6 is 0 Å². The Morgan fingerprint density at radius 3 is 2.41 bits per heavy atom. The highest BCUT2D eigenvalue weighted by Gasteiger charge is 2.42. The number of aromatic nitrogens is 2. The summed E-state index contributed by atoms with van der Waals surface area (Å²) in [5, 5.41) is 3.87. The standard InChI is InChI=1S/C18H15F2N3O3S/c19-16-7-6-13(8-17(16)20)27(24,25)23-9-14(12-4-2-1-3-5-12)15(10-23)18-21-11-26-22-18/h1-8,11,14-15H,9-10H2/t14-,15-/m0/s1. The zero-order chi connectivity index (χ0) is 19.0. The Hall–Kier alpha value is -2.65. The van der Waals surface area contributed by atoms with Crippen molar-refractivity contribution in [3.8, 4) is 0 Å². The Balaban J connectivity index is 1.71. The quantitative estimate of drug-likeness (QED) is 0.684. The topological polar surface area (TPSA) is 76.3 Å². The number of hydrogen-bond donors (Lipinski definition) is 0. The van der Waals surface area contributed by atoms with Gasteiger partial charge in [0.2, 0.25) is 16.4 Å². The van der Waals surface area contributed by atoms with Gasteiger partial charge in [-0.25, -0.2) is 17.2 Å². The average Bonchev–Trinajstić information content (AvgIpc) is 3.34. The number of sulfonamides is 1. The Morgan fingerprint density at radius 1 is 1.00 bits per heavy atom. The number of benzene rings is 2. The van der Waals surface area contributed by atoms with Gasteiger partial charge in [-0.15, -0.1) is 0 Å². The Labute approximate surface area is 154 Å². The minimum Gasteiger partial charge on any atom is -0.343 e. The third-order valence-electron chi connectivity index (χ3n) is 4.75. The maximum atomic E-state index is 13.5. The molecule has 0 spiro atoms. The third kappa shape index (κ3) is 3.24.